The fraction of sp³-hybridized carbons (Fsp3) is 0.0667. The molecule has 0 bridgehead atoms. The van der Waals surface area contributed by atoms with Gasteiger partial charge in [0.2, 0.25) is 0 Å². The molecule has 21 heavy (non-hydrogen) atoms. The lowest BCUT2D eigenvalue weighted by molar-refractivity contribution is 0.0691. The number of halogens is 2. The Morgan fingerprint density at radius 1 is 1.00 bits per heavy atom. The first-order valence-corrected chi connectivity index (χ1v) is 6.03. The largest absolute Gasteiger partial charge is 0.478 e. The van der Waals surface area contributed by atoms with E-state index in [0.717, 1.165) is 18.2 Å². The molecule has 0 unspecified atom stereocenters. The van der Waals surface area contributed by atoms with E-state index in [1.54, 1.807) is 0 Å². The van der Waals surface area contributed by atoms with Crippen molar-refractivity contribution >= 4 is 11.9 Å². The maximum absolute atomic E-state index is 13.5. The van der Waals surface area contributed by atoms with Gasteiger partial charge in [0.15, 0.2) is 0 Å². The van der Waals surface area contributed by atoms with Crippen molar-refractivity contribution in [1.29, 1.82) is 0 Å². The first-order valence-electron chi connectivity index (χ1n) is 6.03. The lowest BCUT2D eigenvalue weighted by Crippen LogP contribution is -2.23. The second kappa shape index (κ2) is 6.13. The number of rotatable bonds is 4. The van der Waals surface area contributed by atoms with Crippen molar-refractivity contribution in [2.75, 3.05) is 0 Å². The summed E-state index contributed by atoms with van der Waals surface area (Å²) >= 11 is 0. The highest BCUT2D eigenvalue weighted by Crippen LogP contribution is 2.11. The third-order valence-corrected chi connectivity index (χ3v) is 2.84. The molecule has 0 heterocycles. The lowest BCUT2D eigenvalue weighted by Gasteiger charge is -2.07. The van der Waals surface area contributed by atoms with Crippen LogP contribution >= 0.6 is 0 Å². The van der Waals surface area contributed by atoms with Gasteiger partial charge in [0.05, 0.1) is 11.1 Å². The Kier molecular flexibility index (Phi) is 4.27. The Bertz CT molecular complexity index is 701. The summed E-state index contributed by atoms with van der Waals surface area (Å²) in [6.07, 6.45) is 0. The summed E-state index contributed by atoms with van der Waals surface area (Å²) in [4.78, 5) is 22.4. The van der Waals surface area contributed by atoms with Gasteiger partial charge in [-0.05, 0) is 29.8 Å². The first kappa shape index (κ1) is 14.6. The quantitative estimate of drug-likeness (QED) is 0.910. The molecule has 0 aliphatic carbocycles. The van der Waals surface area contributed by atoms with Crippen LogP contribution in [0.5, 0.6) is 0 Å². The predicted octanol–water partition coefficient (Wildman–Crippen LogP) is 2.59. The molecule has 2 aromatic rings. The van der Waals surface area contributed by atoms with Crippen LogP contribution in [0.2, 0.25) is 0 Å². The van der Waals surface area contributed by atoms with E-state index in [2.05, 4.69) is 5.32 Å². The van der Waals surface area contributed by atoms with Crippen LogP contribution in [0.3, 0.4) is 0 Å². The second-order valence-corrected chi connectivity index (χ2v) is 4.28. The topological polar surface area (TPSA) is 66.4 Å². The zero-order valence-corrected chi connectivity index (χ0v) is 10.8. The number of hydrogen-bond donors (Lipinski definition) is 2. The van der Waals surface area contributed by atoms with Crippen LogP contribution in [-0.4, -0.2) is 17.0 Å². The Morgan fingerprint density at radius 3 is 2.33 bits per heavy atom. The molecule has 108 valence electrons. The molecule has 6 heteroatoms. The number of carbonyl (C=O) groups is 2. The first-order chi connectivity index (χ1) is 9.99. The smallest absolute Gasteiger partial charge is 0.338 e. The van der Waals surface area contributed by atoms with Gasteiger partial charge in [-0.3, -0.25) is 4.79 Å². The van der Waals surface area contributed by atoms with E-state index >= 15 is 0 Å². The summed E-state index contributed by atoms with van der Waals surface area (Å²) in [5.41, 5.74) is -0.179. The Labute approximate surface area is 119 Å². The highest BCUT2D eigenvalue weighted by atomic mass is 19.1. The average molecular weight is 291 g/mol. The zero-order valence-electron chi connectivity index (χ0n) is 10.8. The molecule has 0 saturated heterocycles. The van der Waals surface area contributed by atoms with Crippen molar-refractivity contribution in [2.45, 2.75) is 6.54 Å². The molecule has 0 aromatic heterocycles. The summed E-state index contributed by atoms with van der Waals surface area (Å²) in [7, 11) is 0. The molecule has 0 aliphatic rings. The van der Waals surface area contributed by atoms with Crippen LogP contribution < -0.4 is 5.32 Å². The zero-order chi connectivity index (χ0) is 15.4. The summed E-state index contributed by atoms with van der Waals surface area (Å²) in [5.74, 6) is -3.53. The van der Waals surface area contributed by atoms with Crippen molar-refractivity contribution < 1.29 is 23.5 Å². The molecule has 2 rings (SSSR count). The molecular weight excluding hydrogens is 280 g/mol. The number of carbonyl (C=O) groups excluding carboxylic acids is 1. The molecular formula is C15H11F2NO3. The van der Waals surface area contributed by atoms with E-state index in [1.165, 1.54) is 24.3 Å². The van der Waals surface area contributed by atoms with Crippen LogP contribution in [0.25, 0.3) is 0 Å². The van der Waals surface area contributed by atoms with Gasteiger partial charge in [0.1, 0.15) is 11.6 Å². The van der Waals surface area contributed by atoms with E-state index < -0.39 is 29.1 Å². The van der Waals surface area contributed by atoms with Crippen molar-refractivity contribution in [2.24, 2.45) is 0 Å². The van der Waals surface area contributed by atoms with Crippen LogP contribution in [0.1, 0.15) is 26.3 Å². The van der Waals surface area contributed by atoms with Gasteiger partial charge >= 0.3 is 5.97 Å². The predicted molar refractivity (Wildman–Crippen MR) is 70.9 cm³/mol. The third kappa shape index (κ3) is 3.42. The summed E-state index contributed by atoms with van der Waals surface area (Å²) in [6.45, 7) is -0.0377. The molecule has 0 fully saturated rings. The van der Waals surface area contributed by atoms with Gasteiger partial charge in [-0.2, -0.15) is 0 Å². The van der Waals surface area contributed by atoms with Gasteiger partial charge in [-0.25, -0.2) is 13.6 Å². The fourth-order valence-corrected chi connectivity index (χ4v) is 1.76. The van der Waals surface area contributed by atoms with Gasteiger partial charge < -0.3 is 10.4 Å². The minimum atomic E-state index is -1.37. The Balaban J connectivity index is 2.07. The van der Waals surface area contributed by atoms with Gasteiger partial charge in [0.25, 0.3) is 5.91 Å². The molecule has 2 aromatic carbocycles. The molecule has 2 N–H and O–H groups in total. The SMILES string of the molecule is O=C(O)c1ccc(CNC(=O)c2ccccc2F)cc1F. The van der Waals surface area contributed by atoms with Crippen LogP contribution in [-0.2, 0) is 6.54 Å². The van der Waals surface area contributed by atoms with E-state index in [4.69, 9.17) is 5.11 Å². The maximum atomic E-state index is 13.5. The highest BCUT2D eigenvalue weighted by molar-refractivity contribution is 5.94. The minimum Gasteiger partial charge on any atom is -0.478 e. The van der Waals surface area contributed by atoms with E-state index in [0.29, 0.717) is 5.56 Å². The number of amides is 1. The van der Waals surface area contributed by atoms with Crippen molar-refractivity contribution in [3.63, 3.8) is 0 Å². The van der Waals surface area contributed by atoms with E-state index in [-0.39, 0.29) is 12.1 Å². The number of nitrogens with one attached hydrogen (secondary N) is 1. The molecule has 0 radical (unpaired) electrons. The average Bonchev–Trinajstić information content (AvgIpc) is 2.45. The van der Waals surface area contributed by atoms with Gasteiger partial charge in [0, 0.05) is 6.54 Å². The third-order valence-electron chi connectivity index (χ3n) is 2.84. The number of hydrogen-bond acceptors (Lipinski definition) is 2. The Hall–Kier alpha value is -2.76. The fourth-order valence-electron chi connectivity index (χ4n) is 1.76. The standard InChI is InChI=1S/C15H11F2NO3/c16-12-4-2-1-3-10(12)14(19)18-8-9-5-6-11(15(20)21)13(17)7-9/h1-7H,8H2,(H,18,19)(H,20,21). The molecule has 1 amide bonds. The van der Waals surface area contributed by atoms with E-state index in [1.807, 2.05) is 0 Å². The summed E-state index contributed by atoms with van der Waals surface area (Å²) in [5, 5.41) is 11.1. The molecule has 4 nitrogen and oxygen atoms in total. The maximum Gasteiger partial charge on any atom is 0.338 e. The van der Waals surface area contributed by atoms with Crippen molar-refractivity contribution in [3.05, 3.63) is 70.8 Å². The van der Waals surface area contributed by atoms with Crippen LogP contribution in [0, 0.1) is 11.6 Å². The second-order valence-electron chi connectivity index (χ2n) is 4.28. The summed E-state index contributed by atoms with van der Waals surface area (Å²) < 4.78 is 26.8. The van der Waals surface area contributed by atoms with Crippen molar-refractivity contribution in [3.8, 4) is 0 Å². The Morgan fingerprint density at radius 2 is 1.71 bits per heavy atom. The minimum absolute atomic E-state index is 0.0377. The van der Waals surface area contributed by atoms with Crippen molar-refractivity contribution in [1.82, 2.24) is 5.32 Å². The number of carboxylic acids is 1. The van der Waals surface area contributed by atoms with Gasteiger partial charge in [-0.15, -0.1) is 0 Å². The van der Waals surface area contributed by atoms with Crippen LogP contribution in [0.4, 0.5) is 8.78 Å². The number of benzene rings is 2. The molecule has 0 aliphatic heterocycles. The normalized spacial score (nSPS) is 10.2. The monoisotopic (exact) mass is 291 g/mol. The van der Waals surface area contributed by atoms with Crippen LogP contribution in [0.15, 0.2) is 42.5 Å². The van der Waals surface area contributed by atoms with E-state index in [9.17, 15) is 18.4 Å². The number of carboxylic acid groups (broad SMARTS) is 1. The summed E-state index contributed by atoms with van der Waals surface area (Å²) in [6, 6.07) is 9.00. The molecule has 0 spiro atoms. The van der Waals surface area contributed by atoms with Gasteiger partial charge in [-0.1, -0.05) is 18.2 Å². The molecule has 0 saturated carbocycles. The number of aromatic carboxylic acids is 1. The highest BCUT2D eigenvalue weighted by Gasteiger charge is 2.12. The molecule has 0 atom stereocenters. The lowest BCUT2D eigenvalue weighted by atomic mass is 10.1.